The van der Waals surface area contributed by atoms with Gasteiger partial charge in [0.25, 0.3) is 0 Å². The standard InChI is InChI=1S/C24H23F2N7O4/c25-18-3-1-4-19(23(18)26)32-21(35)12-33-11-15(10-30-33)31-24-17-6-5-16(9-20(17)28-14-29-24)37-8-2-7-27-22(36)13-34/h1,3-6,9-11,14,34H,2,7-8,12-13H2,(H,27,36)(H,32,35)(H,28,29,31). The number of nitrogens with zero attached hydrogens (tertiary/aromatic N) is 4. The van der Waals surface area contributed by atoms with E-state index in [9.17, 15) is 18.4 Å². The first-order chi connectivity index (χ1) is 17.9. The lowest BCUT2D eigenvalue weighted by Crippen LogP contribution is -2.27. The van der Waals surface area contributed by atoms with Crippen LogP contribution in [0.4, 0.5) is 26.0 Å². The van der Waals surface area contributed by atoms with Gasteiger partial charge in [0.2, 0.25) is 11.8 Å². The summed E-state index contributed by atoms with van der Waals surface area (Å²) in [6, 6.07) is 8.85. The number of rotatable bonds is 11. The van der Waals surface area contributed by atoms with Crippen LogP contribution >= 0.6 is 0 Å². The fourth-order valence-corrected chi connectivity index (χ4v) is 3.36. The van der Waals surface area contributed by atoms with Crippen molar-refractivity contribution in [3.8, 4) is 5.75 Å². The molecule has 11 nitrogen and oxygen atoms in total. The van der Waals surface area contributed by atoms with Crippen molar-refractivity contribution in [2.24, 2.45) is 0 Å². The number of hydrogen-bond donors (Lipinski definition) is 4. The van der Waals surface area contributed by atoms with E-state index < -0.39 is 30.1 Å². The van der Waals surface area contributed by atoms with Gasteiger partial charge >= 0.3 is 0 Å². The summed E-state index contributed by atoms with van der Waals surface area (Å²) in [6.07, 6.45) is 5.03. The van der Waals surface area contributed by atoms with Crippen molar-refractivity contribution in [2.75, 3.05) is 30.4 Å². The van der Waals surface area contributed by atoms with E-state index in [1.54, 1.807) is 24.4 Å². The molecule has 2 amide bonds. The largest absolute Gasteiger partial charge is 0.493 e. The van der Waals surface area contributed by atoms with E-state index >= 15 is 0 Å². The third kappa shape index (κ3) is 6.73. The van der Waals surface area contributed by atoms with Crippen LogP contribution in [0, 0.1) is 11.6 Å². The van der Waals surface area contributed by atoms with Crippen LogP contribution in [0.25, 0.3) is 10.9 Å². The second-order valence-corrected chi connectivity index (χ2v) is 7.81. The molecular weight excluding hydrogens is 488 g/mol. The summed E-state index contributed by atoms with van der Waals surface area (Å²) < 4.78 is 34.1. The molecule has 0 aliphatic carbocycles. The summed E-state index contributed by atoms with van der Waals surface area (Å²) >= 11 is 0. The first kappa shape index (κ1) is 25.4. The number of aromatic nitrogens is 4. The molecule has 0 unspecified atom stereocenters. The topological polar surface area (TPSA) is 143 Å². The smallest absolute Gasteiger partial charge is 0.246 e. The lowest BCUT2D eigenvalue weighted by atomic mass is 10.2. The van der Waals surface area contributed by atoms with E-state index in [1.807, 2.05) is 0 Å². The molecule has 2 aromatic carbocycles. The number of aliphatic hydroxyl groups excluding tert-OH is 1. The molecule has 2 heterocycles. The molecule has 4 N–H and O–H groups in total. The molecule has 0 radical (unpaired) electrons. The molecule has 0 fully saturated rings. The molecule has 0 spiro atoms. The molecule has 0 aliphatic heterocycles. The van der Waals surface area contributed by atoms with Crippen molar-refractivity contribution < 1.29 is 28.2 Å². The molecule has 192 valence electrons. The lowest BCUT2D eigenvalue weighted by Gasteiger charge is -2.10. The van der Waals surface area contributed by atoms with Gasteiger partial charge in [-0.2, -0.15) is 5.10 Å². The molecule has 4 rings (SSSR count). The summed E-state index contributed by atoms with van der Waals surface area (Å²) in [7, 11) is 0. The maximum Gasteiger partial charge on any atom is 0.246 e. The summed E-state index contributed by atoms with van der Waals surface area (Å²) in [6.45, 7) is -0.00563. The highest BCUT2D eigenvalue weighted by atomic mass is 19.2. The number of halogens is 2. The SMILES string of the molecule is O=C(CO)NCCCOc1ccc2c(Nc3cnn(CC(=O)Nc4cccc(F)c4F)c3)ncnc2c1. The number of anilines is 3. The zero-order valence-electron chi connectivity index (χ0n) is 19.4. The number of benzene rings is 2. The van der Waals surface area contributed by atoms with Crippen LogP contribution in [-0.2, 0) is 16.1 Å². The minimum absolute atomic E-state index is 0.216. The van der Waals surface area contributed by atoms with Crippen molar-refractivity contribution in [1.82, 2.24) is 25.1 Å². The Hall–Kier alpha value is -4.65. The number of amides is 2. The van der Waals surface area contributed by atoms with E-state index in [0.29, 0.717) is 42.3 Å². The van der Waals surface area contributed by atoms with Crippen molar-refractivity contribution in [1.29, 1.82) is 0 Å². The summed E-state index contributed by atoms with van der Waals surface area (Å²) in [5.74, 6) is -2.09. The van der Waals surface area contributed by atoms with Crippen molar-refractivity contribution in [3.05, 3.63) is 66.8 Å². The average molecular weight is 511 g/mol. The van der Waals surface area contributed by atoms with Crippen LogP contribution in [0.1, 0.15) is 6.42 Å². The quantitative estimate of drug-likeness (QED) is 0.225. The number of hydrogen-bond acceptors (Lipinski definition) is 8. The van der Waals surface area contributed by atoms with E-state index in [4.69, 9.17) is 9.84 Å². The number of aliphatic hydroxyl groups is 1. The molecule has 4 aromatic rings. The third-order valence-electron chi connectivity index (χ3n) is 5.09. The summed E-state index contributed by atoms with van der Waals surface area (Å²) in [4.78, 5) is 31.8. The van der Waals surface area contributed by atoms with Gasteiger partial charge in [-0.15, -0.1) is 0 Å². The van der Waals surface area contributed by atoms with Crippen LogP contribution < -0.4 is 20.7 Å². The fourth-order valence-electron chi connectivity index (χ4n) is 3.36. The van der Waals surface area contributed by atoms with E-state index in [0.717, 1.165) is 11.5 Å². The highest BCUT2D eigenvalue weighted by Gasteiger charge is 2.12. The summed E-state index contributed by atoms with van der Waals surface area (Å²) in [5, 5.41) is 21.5. The second kappa shape index (κ2) is 11.9. The number of ether oxygens (including phenoxy) is 1. The van der Waals surface area contributed by atoms with Gasteiger partial charge in [-0.25, -0.2) is 18.7 Å². The molecule has 0 saturated heterocycles. The van der Waals surface area contributed by atoms with Crippen LogP contribution in [0.3, 0.4) is 0 Å². The van der Waals surface area contributed by atoms with Crippen LogP contribution in [0.2, 0.25) is 0 Å². The molecule has 13 heteroatoms. The van der Waals surface area contributed by atoms with Crippen LogP contribution in [0.15, 0.2) is 55.1 Å². The zero-order valence-corrected chi connectivity index (χ0v) is 19.4. The second-order valence-electron chi connectivity index (χ2n) is 7.81. The Kier molecular flexibility index (Phi) is 8.15. The van der Waals surface area contributed by atoms with Crippen LogP contribution in [0.5, 0.6) is 5.75 Å². The minimum Gasteiger partial charge on any atom is -0.493 e. The molecule has 0 saturated carbocycles. The summed E-state index contributed by atoms with van der Waals surface area (Å²) in [5.41, 5.74) is 0.933. The Morgan fingerprint density at radius 1 is 1.11 bits per heavy atom. The monoisotopic (exact) mass is 511 g/mol. The lowest BCUT2D eigenvalue weighted by molar-refractivity contribution is -0.123. The molecule has 37 heavy (non-hydrogen) atoms. The first-order valence-corrected chi connectivity index (χ1v) is 11.2. The van der Waals surface area contributed by atoms with Crippen molar-refractivity contribution in [3.63, 3.8) is 0 Å². The maximum absolute atomic E-state index is 13.8. The molecule has 2 aromatic heterocycles. The fraction of sp³-hybridized carbons (Fsp3) is 0.208. The van der Waals surface area contributed by atoms with E-state index in [2.05, 4.69) is 31.0 Å². The van der Waals surface area contributed by atoms with Crippen molar-refractivity contribution >= 4 is 39.9 Å². The zero-order chi connectivity index (χ0) is 26.2. The minimum atomic E-state index is -1.13. The highest BCUT2D eigenvalue weighted by Crippen LogP contribution is 2.26. The van der Waals surface area contributed by atoms with Gasteiger partial charge < -0.3 is 25.8 Å². The van der Waals surface area contributed by atoms with Gasteiger partial charge in [0.05, 0.1) is 29.7 Å². The van der Waals surface area contributed by atoms with Gasteiger partial charge in [-0.05, 0) is 30.7 Å². The predicted molar refractivity (Wildman–Crippen MR) is 130 cm³/mol. The number of fused-ring (bicyclic) bond motifs is 1. The van der Waals surface area contributed by atoms with Crippen molar-refractivity contribution in [2.45, 2.75) is 13.0 Å². The van der Waals surface area contributed by atoms with Gasteiger partial charge in [0.1, 0.15) is 31.0 Å². The Morgan fingerprint density at radius 2 is 1.97 bits per heavy atom. The Labute approximate surface area is 209 Å². The molecule has 0 atom stereocenters. The highest BCUT2D eigenvalue weighted by molar-refractivity contribution is 5.92. The Bertz CT molecular complexity index is 1410. The molecule has 0 aliphatic rings. The normalized spacial score (nSPS) is 10.8. The van der Waals surface area contributed by atoms with E-state index in [1.165, 1.54) is 29.3 Å². The molecular formula is C24H23F2N7O4. The first-order valence-electron chi connectivity index (χ1n) is 11.2. The Balaban J connectivity index is 1.35. The number of carbonyl (C=O) groups is 2. The van der Waals surface area contributed by atoms with E-state index in [-0.39, 0.29) is 12.2 Å². The van der Waals surface area contributed by atoms with Crippen LogP contribution in [-0.4, -0.2) is 56.4 Å². The van der Waals surface area contributed by atoms with Gasteiger partial charge in [-0.3, -0.25) is 14.3 Å². The molecule has 0 bridgehead atoms. The van der Waals surface area contributed by atoms with Gasteiger partial charge in [0, 0.05) is 24.2 Å². The van der Waals surface area contributed by atoms with Gasteiger partial charge in [-0.1, -0.05) is 6.07 Å². The number of nitrogens with one attached hydrogen (secondary N) is 3. The number of carbonyl (C=O) groups excluding carboxylic acids is 2. The maximum atomic E-state index is 13.8. The third-order valence-corrected chi connectivity index (χ3v) is 5.09. The Morgan fingerprint density at radius 3 is 2.81 bits per heavy atom. The average Bonchev–Trinajstić information content (AvgIpc) is 3.32. The van der Waals surface area contributed by atoms with Gasteiger partial charge in [0.15, 0.2) is 11.6 Å². The predicted octanol–water partition coefficient (Wildman–Crippen LogP) is 2.36.